The number of anilines is 2. The SMILES string of the molecule is Cc1ccccc1NC(=O)[C@]1(c2ccccc2)CC(=O)N1c1ccc(Br)cc1. The summed E-state index contributed by atoms with van der Waals surface area (Å²) in [6.07, 6.45) is 0.130. The number of rotatable bonds is 4. The van der Waals surface area contributed by atoms with Crippen LogP contribution in [0.3, 0.4) is 0 Å². The number of benzene rings is 3. The molecular weight excluding hydrogens is 416 g/mol. The van der Waals surface area contributed by atoms with Crippen molar-refractivity contribution in [3.8, 4) is 0 Å². The van der Waals surface area contributed by atoms with Gasteiger partial charge in [0.1, 0.15) is 0 Å². The topological polar surface area (TPSA) is 49.4 Å². The standard InChI is InChI=1S/C23H19BrN2O2/c1-16-7-5-6-10-20(16)25-22(28)23(17-8-3-2-4-9-17)15-21(27)26(23)19-13-11-18(24)12-14-19/h2-14H,15H2,1H3,(H,25,28)/t23-/m1/s1. The zero-order valence-electron chi connectivity index (χ0n) is 15.4. The molecule has 1 fully saturated rings. The molecule has 1 atom stereocenters. The third-order valence-corrected chi connectivity index (χ3v) is 5.67. The van der Waals surface area contributed by atoms with E-state index in [9.17, 15) is 9.59 Å². The molecular formula is C23H19BrN2O2. The third-order valence-electron chi connectivity index (χ3n) is 5.14. The summed E-state index contributed by atoms with van der Waals surface area (Å²) in [7, 11) is 0. The Morgan fingerprint density at radius 1 is 0.964 bits per heavy atom. The van der Waals surface area contributed by atoms with E-state index in [1.807, 2.05) is 85.8 Å². The van der Waals surface area contributed by atoms with Crippen molar-refractivity contribution in [2.75, 3.05) is 10.2 Å². The normalized spacial score (nSPS) is 18.5. The van der Waals surface area contributed by atoms with Crippen molar-refractivity contribution >= 4 is 39.1 Å². The highest BCUT2D eigenvalue weighted by atomic mass is 79.9. The molecule has 1 aliphatic rings. The Kier molecular flexibility index (Phi) is 4.77. The lowest BCUT2D eigenvalue weighted by molar-refractivity contribution is -0.137. The molecule has 0 spiro atoms. The minimum Gasteiger partial charge on any atom is -0.323 e. The first-order valence-electron chi connectivity index (χ1n) is 9.03. The van der Waals surface area contributed by atoms with E-state index >= 15 is 0 Å². The van der Waals surface area contributed by atoms with Crippen molar-refractivity contribution in [2.45, 2.75) is 18.9 Å². The monoisotopic (exact) mass is 434 g/mol. The second-order valence-corrected chi connectivity index (χ2v) is 7.79. The van der Waals surface area contributed by atoms with Crippen LogP contribution in [-0.4, -0.2) is 11.8 Å². The first-order chi connectivity index (χ1) is 13.5. The van der Waals surface area contributed by atoms with E-state index in [1.165, 1.54) is 0 Å². The molecule has 0 aliphatic carbocycles. The summed E-state index contributed by atoms with van der Waals surface area (Å²) in [5, 5.41) is 3.04. The highest BCUT2D eigenvalue weighted by Gasteiger charge is 2.58. The number of carbonyl (C=O) groups excluding carboxylic acids is 2. The molecule has 1 aliphatic heterocycles. The van der Waals surface area contributed by atoms with Crippen LogP contribution in [0.15, 0.2) is 83.3 Å². The molecule has 4 rings (SSSR count). The van der Waals surface area contributed by atoms with Crippen LogP contribution in [0.4, 0.5) is 11.4 Å². The molecule has 3 aromatic rings. The summed E-state index contributed by atoms with van der Waals surface area (Å²) >= 11 is 3.42. The first-order valence-corrected chi connectivity index (χ1v) is 9.83. The lowest BCUT2D eigenvalue weighted by Gasteiger charge is -2.50. The molecule has 28 heavy (non-hydrogen) atoms. The number of nitrogens with one attached hydrogen (secondary N) is 1. The molecule has 0 bridgehead atoms. The molecule has 140 valence electrons. The van der Waals surface area contributed by atoms with Gasteiger partial charge >= 0.3 is 0 Å². The molecule has 0 saturated carbocycles. The summed E-state index contributed by atoms with van der Waals surface area (Å²) in [6.45, 7) is 1.95. The van der Waals surface area contributed by atoms with Crippen LogP contribution < -0.4 is 10.2 Å². The molecule has 2 amide bonds. The van der Waals surface area contributed by atoms with Crippen molar-refractivity contribution in [1.29, 1.82) is 0 Å². The van der Waals surface area contributed by atoms with Gasteiger partial charge in [0, 0.05) is 15.8 Å². The van der Waals surface area contributed by atoms with Crippen molar-refractivity contribution < 1.29 is 9.59 Å². The molecule has 1 heterocycles. The number of amides is 2. The number of halogens is 1. The maximum Gasteiger partial charge on any atom is 0.255 e. The predicted molar refractivity (Wildman–Crippen MR) is 114 cm³/mol. The fourth-order valence-corrected chi connectivity index (χ4v) is 3.91. The summed E-state index contributed by atoms with van der Waals surface area (Å²) in [4.78, 5) is 27.8. The van der Waals surface area contributed by atoms with Crippen LogP contribution in [0, 0.1) is 6.92 Å². The number of aryl methyl sites for hydroxylation is 1. The van der Waals surface area contributed by atoms with Crippen LogP contribution in [0.25, 0.3) is 0 Å². The van der Waals surface area contributed by atoms with E-state index in [2.05, 4.69) is 21.2 Å². The van der Waals surface area contributed by atoms with Gasteiger partial charge in [0.25, 0.3) is 5.91 Å². The van der Waals surface area contributed by atoms with Gasteiger partial charge in [-0.2, -0.15) is 0 Å². The zero-order chi connectivity index (χ0) is 19.7. The highest BCUT2D eigenvalue weighted by molar-refractivity contribution is 9.10. The molecule has 4 nitrogen and oxygen atoms in total. The van der Waals surface area contributed by atoms with Crippen LogP contribution >= 0.6 is 15.9 Å². The van der Waals surface area contributed by atoms with Crippen LogP contribution in [0.5, 0.6) is 0 Å². The maximum atomic E-state index is 13.6. The number of nitrogens with zero attached hydrogens (tertiary/aromatic N) is 1. The van der Waals surface area contributed by atoms with Gasteiger partial charge in [-0.15, -0.1) is 0 Å². The van der Waals surface area contributed by atoms with Crippen molar-refractivity contribution in [2.24, 2.45) is 0 Å². The minimum absolute atomic E-state index is 0.0777. The lowest BCUT2D eigenvalue weighted by atomic mass is 9.76. The number of hydrogen-bond acceptors (Lipinski definition) is 2. The third kappa shape index (κ3) is 3.02. The molecule has 3 aromatic carbocycles. The van der Waals surface area contributed by atoms with Gasteiger partial charge in [-0.25, -0.2) is 0 Å². The Balaban J connectivity index is 1.79. The molecule has 1 N–H and O–H groups in total. The molecule has 0 aromatic heterocycles. The van der Waals surface area contributed by atoms with Gasteiger partial charge in [-0.05, 0) is 48.4 Å². The van der Waals surface area contributed by atoms with Gasteiger partial charge in [-0.1, -0.05) is 64.5 Å². The maximum absolute atomic E-state index is 13.6. The number of para-hydroxylation sites is 1. The average Bonchev–Trinajstić information content (AvgIpc) is 2.70. The quantitative estimate of drug-likeness (QED) is 0.585. The Hall–Kier alpha value is -2.92. The summed E-state index contributed by atoms with van der Waals surface area (Å²) in [5.41, 5.74) is 2.14. The number of β-lactam (4-membered cyclic amide) rings is 1. The second-order valence-electron chi connectivity index (χ2n) is 6.88. The van der Waals surface area contributed by atoms with Crippen LogP contribution in [-0.2, 0) is 15.1 Å². The van der Waals surface area contributed by atoms with Gasteiger partial charge in [0.15, 0.2) is 5.54 Å². The largest absolute Gasteiger partial charge is 0.323 e. The van der Waals surface area contributed by atoms with E-state index in [1.54, 1.807) is 4.90 Å². The Morgan fingerprint density at radius 2 is 1.61 bits per heavy atom. The first kappa shape index (κ1) is 18.4. The Labute approximate surface area is 172 Å². The molecule has 0 radical (unpaired) electrons. The summed E-state index contributed by atoms with van der Waals surface area (Å²) < 4.78 is 0.916. The number of carbonyl (C=O) groups is 2. The highest BCUT2D eigenvalue weighted by Crippen LogP contribution is 2.46. The van der Waals surface area contributed by atoms with E-state index in [0.29, 0.717) is 5.69 Å². The summed E-state index contributed by atoms with van der Waals surface area (Å²) in [6, 6.07) is 24.5. The van der Waals surface area contributed by atoms with Gasteiger partial charge in [0.05, 0.1) is 6.42 Å². The van der Waals surface area contributed by atoms with Gasteiger partial charge < -0.3 is 5.32 Å². The lowest BCUT2D eigenvalue weighted by Crippen LogP contribution is -2.67. The van der Waals surface area contributed by atoms with Gasteiger partial charge in [0.2, 0.25) is 5.91 Å². The van der Waals surface area contributed by atoms with E-state index in [-0.39, 0.29) is 18.2 Å². The second kappa shape index (κ2) is 7.24. The summed E-state index contributed by atoms with van der Waals surface area (Å²) in [5.74, 6) is -0.290. The predicted octanol–water partition coefficient (Wildman–Crippen LogP) is 5.03. The van der Waals surface area contributed by atoms with E-state index < -0.39 is 5.54 Å². The molecule has 1 saturated heterocycles. The van der Waals surface area contributed by atoms with Crippen molar-refractivity contribution in [3.63, 3.8) is 0 Å². The zero-order valence-corrected chi connectivity index (χ0v) is 16.9. The molecule has 0 unspecified atom stereocenters. The Bertz CT molecular complexity index is 1030. The smallest absolute Gasteiger partial charge is 0.255 e. The van der Waals surface area contributed by atoms with Crippen molar-refractivity contribution in [3.05, 3.63) is 94.5 Å². The van der Waals surface area contributed by atoms with Crippen LogP contribution in [0.2, 0.25) is 0 Å². The Morgan fingerprint density at radius 3 is 2.25 bits per heavy atom. The van der Waals surface area contributed by atoms with Crippen LogP contribution in [0.1, 0.15) is 17.5 Å². The average molecular weight is 435 g/mol. The van der Waals surface area contributed by atoms with E-state index in [4.69, 9.17) is 0 Å². The van der Waals surface area contributed by atoms with E-state index in [0.717, 1.165) is 21.3 Å². The minimum atomic E-state index is -1.07. The fraction of sp³-hybridized carbons (Fsp3) is 0.130. The fourth-order valence-electron chi connectivity index (χ4n) is 3.65. The van der Waals surface area contributed by atoms with Crippen molar-refractivity contribution in [1.82, 2.24) is 0 Å². The number of hydrogen-bond donors (Lipinski definition) is 1. The molecule has 5 heteroatoms. The van der Waals surface area contributed by atoms with Gasteiger partial charge in [-0.3, -0.25) is 14.5 Å².